The highest BCUT2D eigenvalue weighted by Gasteiger charge is 2.11. The first-order valence-electron chi connectivity index (χ1n) is 4.80. The lowest BCUT2D eigenvalue weighted by atomic mass is 9.95. The summed E-state index contributed by atoms with van der Waals surface area (Å²) < 4.78 is 5.33. The van der Waals surface area contributed by atoms with Gasteiger partial charge in [0.2, 0.25) is 0 Å². The zero-order chi connectivity index (χ0) is 9.68. The van der Waals surface area contributed by atoms with Crippen molar-refractivity contribution in [2.45, 2.75) is 26.7 Å². The van der Waals surface area contributed by atoms with E-state index in [9.17, 15) is 0 Å². The molecule has 0 aromatic carbocycles. The van der Waals surface area contributed by atoms with Crippen molar-refractivity contribution in [3.63, 3.8) is 0 Å². The van der Waals surface area contributed by atoms with Crippen molar-refractivity contribution < 1.29 is 4.42 Å². The molecule has 1 heterocycles. The van der Waals surface area contributed by atoms with Gasteiger partial charge in [0, 0.05) is 11.8 Å². The van der Waals surface area contributed by atoms with Crippen LogP contribution in [0.3, 0.4) is 0 Å². The summed E-state index contributed by atoms with van der Waals surface area (Å²) in [7, 11) is 0. The van der Waals surface area contributed by atoms with E-state index < -0.39 is 0 Å². The highest BCUT2D eigenvalue weighted by molar-refractivity contribution is 9.09. The van der Waals surface area contributed by atoms with Crippen LogP contribution >= 0.6 is 15.9 Å². The third-order valence-corrected chi connectivity index (χ3v) is 3.01. The molecule has 0 N–H and O–H groups in total. The molecule has 0 spiro atoms. The standard InChI is InChI=1S/C11H17BrO/c1-9(2)6-10(8-12)7-11-4-3-5-13-11/h3-5,9-10H,6-8H2,1-2H3. The van der Waals surface area contributed by atoms with E-state index in [1.807, 2.05) is 6.07 Å². The summed E-state index contributed by atoms with van der Waals surface area (Å²) >= 11 is 3.55. The van der Waals surface area contributed by atoms with Gasteiger partial charge in [-0.25, -0.2) is 0 Å². The molecule has 1 atom stereocenters. The van der Waals surface area contributed by atoms with Crippen molar-refractivity contribution in [2.75, 3.05) is 5.33 Å². The maximum atomic E-state index is 5.33. The molecule has 74 valence electrons. The van der Waals surface area contributed by atoms with Crippen LogP contribution in [0.25, 0.3) is 0 Å². The Morgan fingerprint density at radius 2 is 2.23 bits per heavy atom. The molecule has 1 rings (SSSR count). The Morgan fingerprint density at radius 1 is 1.46 bits per heavy atom. The molecular weight excluding hydrogens is 228 g/mol. The lowest BCUT2D eigenvalue weighted by molar-refractivity contribution is 0.403. The second-order valence-corrected chi connectivity index (χ2v) is 4.58. The van der Waals surface area contributed by atoms with Crippen LogP contribution in [0.15, 0.2) is 22.8 Å². The third-order valence-electron chi connectivity index (χ3n) is 2.09. The Kier molecular flexibility index (Phi) is 4.57. The normalized spacial score (nSPS) is 13.5. The van der Waals surface area contributed by atoms with E-state index in [-0.39, 0.29) is 0 Å². The van der Waals surface area contributed by atoms with Gasteiger partial charge in [0.25, 0.3) is 0 Å². The van der Waals surface area contributed by atoms with Gasteiger partial charge in [-0.2, -0.15) is 0 Å². The molecule has 0 aliphatic rings. The minimum atomic E-state index is 0.700. The third kappa shape index (κ3) is 3.99. The lowest BCUT2D eigenvalue weighted by Crippen LogP contribution is -2.08. The van der Waals surface area contributed by atoms with Crippen molar-refractivity contribution in [2.24, 2.45) is 11.8 Å². The first kappa shape index (κ1) is 10.8. The Balaban J connectivity index is 2.40. The van der Waals surface area contributed by atoms with E-state index in [4.69, 9.17) is 4.42 Å². The Morgan fingerprint density at radius 3 is 2.69 bits per heavy atom. The topological polar surface area (TPSA) is 13.1 Å². The highest BCUT2D eigenvalue weighted by atomic mass is 79.9. The summed E-state index contributed by atoms with van der Waals surface area (Å²) in [5, 5.41) is 1.06. The predicted octanol–water partition coefficient (Wildman–Crippen LogP) is 3.88. The van der Waals surface area contributed by atoms with Crippen molar-refractivity contribution in [1.82, 2.24) is 0 Å². The van der Waals surface area contributed by atoms with E-state index in [0.29, 0.717) is 5.92 Å². The molecule has 0 amide bonds. The van der Waals surface area contributed by atoms with E-state index in [1.165, 1.54) is 6.42 Å². The quantitative estimate of drug-likeness (QED) is 0.717. The molecule has 0 saturated heterocycles. The zero-order valence-corrected chi connectivity index (χ0v) is 9.88. The van der Waals surface area contributed by atoms with Crippen LogP contribution in [0.4, 0.5) is 0 Å². The molecule has 1 aromatic heterocycles. The predicted molar refractivity (Wildman–Crippen MR) is 59.2 cm³/mol. The maximum absolute atomic E-state index is 5.33. The minimum Gasteiger partial charge on any atom is -0.469 e. The summed E-state index contributed by atoms with van der Waals surface area (Å²) in [6.07, 6.45) is 4.05. The first-order valence-corrected chi connectivity index (χ1v) is 5.93. The largest absolute Gasteiger partial charge is 0.469 e. The van der Waals surface area contributed by atoms with Gasteiger partial charge in [-0.1, -0.05) is 29.8 Å². The van der Waals surface area contributed by atoms with Crippen molar-refractivity contribution in [3.8, 4) is 0 Å². The summed E-state index contributed by atoms with van der Waals surface area (Å²) in [6, 6.07) is 4.01. The van der Waals surface area contributed by atoms with E-state index in [2.05, 4.69) is 35.8 Å². The van der Waals surface area contributed by atoms with Crippen LogP contribution in [0.2, 0.25) is 0 Å². The second-order valence-electron chi connectivity index (χ2n) is 3.93. The number of hydrogen-bond donors (Lipinski definition) is 0. The average molecular weight is 245 g/mol. The van der Waals surface area contributed by atoms with Crippen molar-refractivity contribution in [1.29, 1.82) is 0 Å². The van der Waals surface area contributed by atoms with Crippen LogP contribution < -0.4 is 0 Å². The number of hydrogen-bond acceptors (Lipinski definition) is 1. The van der Waals surface area contributed by atoms with E-state index in [0.717, 1.165) is 23.4 Å². The highest BCUT2D eigenvalue weighted by Crippen LogP contribution is 2.19. The number of furan rings is 1. The van der Waals surface area contributed by atoms with Crippen molar-refractivity contribution in [3.05, 3.63) is 24.2 Å². The zero-order valence-electron chi connectivity index (χ0n) is 8.29. The van der Waals surface area contributed by atoms with E-state index >= 15 is 0 Å². The fraction of sp³-hybridized carbons (Fsp3) is 0.636. The van der Waals surface area contributed by atoms with Gasteiger partial charge < -0.3 is 4.42 Å². The van der Waals surface area contributed by atoms with Gasteiger partial charge in [0.05, 0.1) is 6.26 Å². The molecule has 1 nitrogen and oxygen atoms in total. The summed E-state index contributed by atoms with van der Waals surface area (Å²) in [4.78, 5) is 0. The molecule has 0 bridgehead atoms. The van der Waals surface area contributed by atoms with Gasteiger partial charge in [-0.15, -0.1) is 0 Å². The number of alkyl halides is 1. The molecule has 0 aliphatic heterocycles. The molecule has 13 heavy (non-hydrogen) atoms. The second kappa shape index (κ2) is 5.48. The van der Waals surface area contributed by atoms with Crippen LogP contribution in [-0.4, -0.2) is 5.33 Å². The maximum Gasteiger partial charge on any atom is 0.104 e. The Labute approximate surface area is 88.6 Å². The molecule has 0 saturated carbocycles. The van der Waals surface area contributed by atoms with E-state index in [1.54, 1.807) is 6.26 Å². The summed E-state index contributed by atoms with van der Waals surface area (Å²) in [6.45, 7) is 4.52. The molecular formula is C11H17BrO. The molecule has 0 radical (unpaired) electrons. The van der Waals surface area contributed by atoms with Crippen molar-refractivity contribution >= 4 is 15.9 Å². The fourth-order valence-electron chi connectivity index (χ4n) is 1.58. The van der Waals surface area contributed by atoms with Gasteiger partial charge in [0.15, 0.2) is 0 Å². The molecule has 0 aliphatic carbocycles. The average Bonchev–Trinajstić information content (AvgIpc) is 2.55. The molecule has 1 aromatic rings. The summed E-state index contributed by atoms with van der Waals surface area (Å²) in [5.41, 5.74) is 0. The SMILES string of the molecule is CC(C)CC(CBr)Cc1ccco1. The van der Waals surface area contributed by atoms with Crippen LogP contribution in [0.5, 0.6) is 0 Å². The number of rotatable bonds is 5. The Hall–Kier alpha value is -0.240. The lowest BCUT2D eigenvalue weighted by Gasteiger charge is -2.14. The van der Waals surface area contributed by atoms with Gasteiger partial charge in [-0.3, -0.25) is 0 Å². The van der Waals surface area contributed by atoms with Crippen LogP contribution in [0.1, 0.15) is 26.0 Å². The molecule has 0 fully saturated rings. The van der Waals surface area contributed by atoms with Crippen LogP contribution in [0, 0.1) is 11.8 Å². The summed E-state index contributed by atoms with van der Waals surface area (Å²) in [5.74, 6) is 2.56. The minimum absolute atomic E-state index is 0.700. The Bertz CT molecular complexity index is 216. The van der Waals surface area contributed by atoms with Gasteiger partial charge >= 0.3 is 0 Å². The number of halogens is 1. The monoisotopic (exact) mass is 244 g/mol. The smallest absolute Gasteiger partial charge is 0.104 e. The molecule has 2 heteroatoms. The van der Waals surface area contributed by atoms with Gasteiger partial charge in [0.1, 0.15) is 5.76 Å². The molecule has 1 unspecified atom stereocenters. The van der Waals surface area contributed by atoms with Gasteiger partial charge in [-0.05, 0) is 30.4 Å². The fourth-order valence-corrected chi connectivity index (χ4v) is 2.07. The van der Waals surface area contributed by atoms with Crippen LogP contribution in [-0.2, 0) is 6.42 Å². The first-order chi connectivity index (χ1) is 6.22.